The third kappa shape index (κ3) is 4.42. The van der Waals surface area contributed by atoms with Gasteiger partial charge in [-0.25, -0.2) is 4.79 Å². The number of halogens is 1. The van der Waals surface area contributed by atoms with Crippen LogP contribution >= 0.6 is 23.4 Å². The molecular weight excluding hydrogens is 312 g/mol. The predicted octanol–water partition coefficient (Wildman–Crippen LogP) is 3.51. The number of hydrogen-bond donors (Lipinski definition) is 3. The minimum absolute atomic E-state index is 0.0516. The van der Waals surface area contributed by atoms with Gasteiger partial charge in [0.15, 0.2) is 0 Å². The van der Waals surface area contributed by atoms with Crippen molar-refractivity contribution in [3.8, 4) is 0 Å². The Hall–Kier alpha value is -1.63. The van der Waals surface area contributed by atoms with Crippen molar-refractivity contribution in [3.63, 3.8) is 0 Å². The summed E-state index contributed by atoms with van der Waals surface area (Å²) in [5.74, 6) is 0.405. The zero-order valence-corrected chi connectivity index (χ0v) is 12.9. The number of anilines is 1. The molecule has 1 unspecified atom stereocenters. The molecule has 3 N–H and O–H groups in total. The SMILES string of the molecule is CSc1ccc(NC(=O)NCC(O)c2ccco2)cc1Cl. The molecule has 0 saturated heterocycles. The first-order valence-corrected chi connectivity index (χ1v) is 7.80. The summed E-state index contributed by atoms with van der Waals surface area (Å²) in [6.45, 7) is 0.0516. The molecule has 1 aromatic heterocycles. The molecular formula is C14H15ClN2O3S. The lowest BCUT2D eigenvalue weighted by Crippen LogP contribution is -2.32. The highest BCUT2D eigenvalue weighted by molar-refractivity contribution is 7.98. The lowest BCUT2D eigenvalue weighted by molar-refractivity contribution is 0.149. The van der Waals surface area contributed by atoms with Crippen LogP contribution in [0, 0.1) is 0 Å². The Kier molecular flexibility index (Phi) is 5.55. The fraction of sp³-hybridized carbons (Fsp3) is 0.214. The first kappa shape index (κ1) is 15.8. The van der Waals surface area contributed by atoms with E-state index in [9.17, 15) is 9.90 Å². The molecule has 0 aliphatic carbocycles. The van der Waals surface area contributed by atoms with E-state index in [2.05, 4.69) is 10.6 Å². The standard InChI is InChI=1S/C14H15ClN2O3S/c1-21-13-5-4-9(7-10(13)15)17-14(19)16-8-11(18)12-3-2-6-20-12/h2-7,11,18H,8H2,1H3,(H2,16,17,19). The Morgan fingerprint density at radius 1 is 1.48 bits per heavy atom. The average Bonchev–Trinajstić information content (AvgIpc) is 2.99. The highest BCUT2D eigenvalue weighted by atomic mass is 35.5. The quantitative estimate of drug-likeness (QED) is 0.735. The Labute approximate surface area is 131 Å². The third-order valence-corrected chi connectivity index (χ3v) is 3.96. The van der Waals surface area contributed by atoms with Gasteiger partial charge in [0.05, 0.1) is 17.8 Å². The minimum Gasteiger partial charge on any atom is -0.467 e. The first-order valence-electron chi connectivity index (χ1n) is 6.20. The van der Waals surface area contributed by atoms with Crippen LogP contribution in [0.3, 0.4) is 0 Å². The van der Waals surface area contributed by atoms with Crippen molar-refractivity contribution in [2.75, 3.05) is 18.1 Å². The van der Waals surface area contributed by atoms with E-state index in [0.717, 1.165) is 4.90 Å². The van der Waals surface area contributed by atoms with E-state index in [0.29, 0.717) is 16.5 Å². The van der Waals surface area contributed by atoms with Crippen LogP contribution in [0.2, 0.25) is 5.02 Å². The smallest absolute Gasteiger partial charge is 0.319 e. The molecule has 21 heavy (non-hydrogen) atoms. The molecule has 0 bridgehead atoms. The van der Waals surface area contributed by atoms with Crippen LogP contribution in [0.5, 0.6) is 0 Å². The number of thioether (sulfide) groups is 1. The summed E-state index contributed by atoms with van der Waals surface area (Å²) in [7, 11) is 0. The van der Waals surface area contributed by atoms with Crippen LogP contribution in [-0.4, -0.2) is 23.9 Å². The van der Waals surface area contributed by atoms with Crippen LogP contribution in [0.1, 0.15) is 11.9 Å². The summed E-state index contributed by atoms with van der Waals surface area (Å²) >= 11 is 7.59. The molecule has 0 spiro atoms. The Balaban J connectivity index is 1.86. The summed E-state index contributed by atoms with van der Waals surface area (Å²) in [5.41, 5.74) is 0.586. The van der Waals surface area contributed by atoms with Gasteiger partial charge in [0.2, 0.25) is 0 Å². The van der Waals surface area contributed by atoms with Crippen molar-refractivity contribution >= 4 is 35.1 Å². The van der Waals surface area contributed by atoms with Crippen LogP contribution in [0.15, 0.2) is 45.9 Å². The molecule has 7 heteroatoms. The van der Waals surface area contributed by atoms with E-state index < -0.39 is 12.1 Å². The third-order valence-electron chi connectivity index (χ3n) is 2.74. The van der Waals surface area contributed by atoms with E-state index in [1.807, 2.05) is 12.3 Å². The number of aliphatic hydroxyl groups excluding tert-OH is 1. The number of benzene rings is 1. The van der Waals surface area contributed by atoms with Gasteiger partial charge in [-0.3, -0.25) is 0 Å². The van der Waals surface area contributed by atoms with Crippen molar-refractivity contribution in [2.24, 2.45) is 0 Å². The van der Waals surface area contributed by atoms with Crippen molar-refractivity contribution in [1.29, 1.82) is 0 Å². The molecule has 1 heterocycles. The lowest BCUT2D eigenvalue weighted by Gasteiger charge is -2.11. The maximum Gasteiger partial charge on any atom is 0.319 e. The van der Waals surface area contributed by atoms with Gasteiger partial charge in [-0.15, -0.1) is 11.8 Å². The second kappa shape index (κ2) is 7.40. The molecule has 0 saturated carbocycles. The maximum atomic E-state index is 11.7. The molecule has 0 fully saturated rings. The highest BCUT2D eigenvalue weighted by Gasteiger charge is 2.12. The Morgan fingerprint density at radius 2 is 2.29 bits per heavy atom. The normalized spacial score (nSPS) is 12.0. The molecule has 1 atom stereocenters. The molecule has 2 amide bonds. The Morgan fingerprint density at radius 3 is 2.90 bits per heavy atom. The van der Waals surface area contributed by atoms with Crippen LogP contribution in [0.25, 0.3) is 0 Å². The summed E-state index contributed by atoms with van der Waals surface area (Å²) in [6, 6.07) is 8.17. The zero-order valence-electron chi connectivity index (χ0n) is 11.3. The Bertz CT molecular complexity index is 604. The molecule has 5 nitrogen and oxygen atoms in total. The van der Waals surface area contributed by atoms with Crippen molar-refractivity contribution in [2.45, 2.75) is 11.0 Å². The summed E-state index contributed by atoms with van der Waals surface area (Å²) in [4.78, 5) is 12.7. The topological polar surface area (TPSA) is 74.5 Å². The molecule has 2 rings (SSSR count). The number of nitrogens with one attached hydrogen (secondary N) is 2. The zero-order chi connectivity index (χ0) is 15.2. The van der Waals surface area contributed by atoms with Gasteiger partial charge in [-0.05, 0) is 36.6 Å². The maximum absolute atomic E-state index is 11.7. The lowest BCUT2D eigenvalue weighted by atomic mass is 10.3. The first-order chi connectivity index (χ1) is 10.1. The number of aliphatic hydroxyl groups is 1. The summed E-state index contributed by atoms with van der Waals surface area (Å²) < 4.78 is 5.05. The number of furan rings is 1. The highest BCUT2D eigenvalue weighted by Crippen LogP contribution is 2.27. The number of hydrogen-bond acceptors (Lipinski definition) is 4. The van der Waals surface area contributed by atoms with Gasteiger partial charge in [-0.1, -0.05) is 11.6 Å². The molecule has 2 aromatic rings. The fourth-order valence-corrected chi connectivity index (χ4v) is 2.56. The van der Waals surface area contributed by atoms with Crippen LogP contribution < -0.4 is 10.6 Å². The summed E-state index contributed by atoms with van der Waals surface area (Å²) in [6.07, 6.45) is 2.51. The average molecular weight is 327 g/mol. The fourth-order valence-electron chi connectivity index (χ4n) is 1.69. The predicted molar refractivity (Wildman–Crippen MR) is 83.9 cm³/mol. The number of carbonyl (C=O) groups is 1. The van der Waals surface area contributed by atoms with Crippen LogP contribution in [-0.2, 0) is 0 Å². The van der Waals surface area contributed by atoms with Gasteiger partial charge in [-0.2, -0.15) is 0 Å². The number of urea groups is 1. The van der Waals surface area contributed by atoms with Gasteiger partial charge >= 0.3 is 6.03 Å². The van der Waals surface area contributed by atoms with Gasteiger partial charge < -0.3 is 20.2 Å². The molecule has 0 aliphatic heterocycles. The van der Waals surface area contributed by atoms with E-state index in [4.69, 9.17) is 16.0 Å². The van der Waals surface area contributed by atoms with Gasteiger partial charge in [0.1, 0.15) is 11.9 Å². The number of amides is 2. The second-order valence-corrected chi connectivity index (χ2v) is 5.47. The number of rotatable bonds is 5. The van der Waals surface area contributed by atoms with E-state index in [1.54, 1.807) is 24.3 Å². The van der Waals surface area contributed by atoms with E-state index in [1.165, 1.54) is 18.0 Å². The van der Waals surface area contributed by atoms with Gasteiger partial charge in [0, 0.05) is 10.6 Å². The van der Waals surface area contributed by atoms with E-state index in [-0.39, 0.29) is 6.54 Å². The number of carbonyl (C=O) groups excluding carboxylic acids is 1. The van der Waals surface area contributed by atoms with Crippen molar-refractivity contribution in [3.05, 3.63) is 47.4 Å². The van der Waals surface area contributed by atoms with Crippen LogP contribution in [0.4, 0.5) is 10.5 Å². The van der Waals surface area contributed by atoms with Crippen molar-refractivity contribution in [1.82, 2.24) is 5.32 Å². The molecule has 112 valence electrons. The molecule has 0 radical (unpaired) electrons. The largest absolute Gasteiger partial charge is 0.467 e. The second-order valence-electron chi connectivity index (χ2n) is 4.22. The van der Waals surface area contributed by atoms with Gasteiger partial charge in [0.25, 0.3) is 0 Å². The monoisotopic (exact) mass is 326 g/mol. The molecule has 0 aliphatic rings. The molecule has 1 aromatic carbocycles. The summed E-state index contributed by atoms with van der Waals surface area (Å²) in [5, 5.41) is 15.6. The van der Waals surface area contributed by atoms with E-state index >= 15 is 0 Å². The minimum atomic E-state index is -0.881. The van der Waals surface area contributed by atoms with Crippen molar-refractivity contribution < 1.29 is 14.3 Å².